The monoisotopic (exact) mass is 283 g/mol. The van der Waals surface area contributed by atoms with Gasteiger partial charge in [-0.15, -0.1) is 0 Å². The quantitative estimate of drug-likeness (QED) is 0.926. The van der Waals surface area contributed by atoms with Crippen molar-refractivity contribution in [2.45, 2.75) is 31.7 Å². The van der Waals surface area contributed by atoms with Crippen molar-refractivity contribution in [3.63, 3.8) is 0 Å². The van der Waals surface area contributed by atoms with E-state index in [4.69, 9.17) is 10.5 Å². The van der Waals surface area contributed by atoms with Crippen LogP contribution in [0.15, 0.2) is 22.7 Å². The van der Waals surface area contributed by atoms with Gasteiger partial charge in [-0.3, -0.25) is 0 Å². The van der Waals surface area contributed by atoms with Gasteiger partial charge in [0, 0.05) is 15.9 Å². The molecule has 1 saturated heterocycles. The van der Waals surface area contributed by atoms with Crippen LogP contribution >= 0.6 is 15.9 Å². The molecule has 1 fully saturated rings. The fourth-order valence-electron chi connectivity index (χ4n) is 2.51. The molecule has 1 aliphatic heterocycles. The van der Waals surface area contributed by atoms with E-state index in [-0.39, 0.29) is 11.5 Å². The minimum Gasteiger partial charge on any atom is -0.379 e. The first-order valence-corrected chi connectivity index (χ1v) is 6.43. The Balaban J connectivity index is 2.36. The van der Waals surface area contributed by atoms with Crippen molar-refractivity contribution in [2.24, 2.45) is 5.73 Å². The molecular formula is C13H18BrNO. The minimum absolute atomic E-state index is 0.141. The van der Waals surface area contributed by atoms with Gasteiger partial charge >= 0.3 is 0 Å². The van der Waals surface area contributed by atoms with E-state index < -0.39 is 0 Å². The fourth-order valence-corrected chi connectivity index (χ4v) is 2.87. The smallest absolute Gasteiger partial charge is 0.0586 e. The van der Waals surface area contributed by atoms with E-state index >= 15 is 0 Å². The van der Waals surface area contributed by atoms with Crippen molar-refractivity contribution in [3.05, 3.63) is 33.8 Å². The summed E-state index contributed by atoms with van der Waals surface area (Å²) in [6.07, 6.45) is 0.990. The molecule has 1 unspecified atom stereocenters. The average molecular weight is 284 g/mol. The molecule has 1 atom stereocenters. The fraction of sp³-hybridized carbons (Fsp3) is 0.538. The van der Waals surface area contributed by atoms with Crippen LogP contribution in [-0.4, -0.2) is 19.3 Å². The Morgan fingerprint density at radius 3 is 2.69 bits per heavy atom. The standard InChI is InChI=1S/C13H18BrNO/c1-9-3-4-11(14)5-12(9)13(6-10(2)15)7-16-8-13/h3-5,10H,6-8,15H2,1-2H3. The van der Waals surface area contributed by atoms with Gasteiger partial charge in [0.25, 0.3) is 0 Å². The van der Waals surface area contributed by atoms with Gasteiger partial charge in [0.1, 0.15) is 0 Å². The first-order chi connectivity index (χ1) is 7.53. The van der Waals surface area contributed by atoms with Gasteiger partial charge in [-0.05, 0) is 43.5 Å². The minimum atomic E-state index is 0.141. The molecule has 0 saturated carbocycles. The van der Waals surface area contributed by atoms with Crippen molar-refractivity contribution in [3.8, 4) is 0 Å². The van der Waals surface area contributed by atoms with Crippen LogP contribution < -0.4 is 5.73 Å². The lowest BCUT2D eigenvalue weighted by atomic mass is 9.72. The Bertz CT molecular complexity index is 386. The van der Waals surface area contributed by atoms with Crippen LogP contribution in [0.2, 0.25) is 0 Å². The molecule has 16 heavy (non-hydrogen) atoms. The summed E-state index contributed by atoms with van der Waals surface area (Å²) in [5, 5.41) is 0. The summed E-state index contributed by atoms with van der Waals surface area (Å²) in [6.45, 7) is 5.81. The Hall–Kier alpha value is -0.380. The first-order valence-electron chi connectivity index (χ1n) is 5.63. The topological polar surface area (TPSA) is 35.2 Å². The highest BCUT2D eigenvalue weighted by Gasteiger charge is 2.41. The van der Waals surface area contributed by atoms with E-state index in [2.05, 4.69) is 48.0 Å². The predicted molar refractivity (Wildman–Crippen MR) is 69.6 cm³/mol. The molecule has 3 heteroatoms. The lowest BCUT2D eigenvalue weighted by Crippen LogP contribution is -2.50. The largest absolute Gasteiger partial charge is 0.379 e. The maximum atomic E-state index is 5.95. The number of nitrogens with two attached hydrogens (primary N) is 1. The maximum absolute atomic E-state index is 5.95. The van der Waals surface area contributed by atoms with Gasteiger partial charge in [0.2, 0.25) is 0 Å². The molecule has 0 radical (unpaired) electrons. The highest BCUT2D eigenvalue weighted by Crippen LogP contribution is 2.39. The summed E-state index contributed by atoms with van der Waals surface area (Å²) in [5.41, 5.74) is 8.79. The Morgan fingerprint density at radius 2 is 2.19 bits per heavy atom. The number of hydrogen-bond acceptors (Lipinski definition) is 2. The normalized spacial score (nSPS) is 20.2. The van der Waals surface area contributed by atoms with Crippen LogP contribution in [0.25, 0.3) is 0 Å². The molecule has 0 amide bonds. The molecule has 1 aromatic rings. The van der Waals surface area contributed by atoms with Gasteiger partial charge in [-0.25, -0.2) is 0 Å². The highest BCUT2D eigenvalue weighted by atomic mass is 79.9. The van der Waals surface area contributed by atoms with E-state index in [9.17, 15) is 0 Å². The summed E-state index contributed by atoms with van der Waals surface area (Å²) < 4.78 is 6.55. The summed E-state index contributed by atoms with van der Waals surface area (Å²) in [5.74, 6) is 0. The van der Waals surface area contributed by atoms with E-state index in [0.29, 0.717) is 0 Å². The van der Waals surface area contributed by atoms with Gasteiger partial charge in [0.05, 0.1) is 13.2 Å². The number of hydrogen-bond donors (Lipinski definition) is 1. The third kappa shape index (κ3) is 2.17. The third-order valence-corrected chi connectivity index (χ3v) is 3.73. The summed E-state index contributed by atoms with van der Waals surface area (Å²) in [7, 11) is 0. The summed E-state index contributed by atoms with van der Waals surface area (Å²) >= 11 is 3.54. The molecule has 0 aromatic heterocycles. The summed E-state index contributed by atoms with van der Waals surface area (Å²) in [6, 6.07) is 6.65. The molecule has 2 nitrogen and oxygen atoms in total. The van der Waals surface area contributed by atoms with Gasteiger partial charge in [0.15, 0.2) is 0 Å². The van der Waals surface area contributed by atoms with Crippen molar-refractivity contribution in [2.75, 3.05) is 13.2 Å². The number of ether oxygens (including phenoxy) is 1. The number of halogens is 1. The molecule has 2 rings (SSSR count). The molecular weight excluding hydrogens is 266 g/mol. The van der Waals surface area contributed by atoms with Gasteiger partial charge < -0.3 is 10.5 Å². The Labute approximate surface area is 105 Å². The molecule has 1 aliphatic rings. The predicted octanol–water partition coefficient (Wildman–Crippen LogP) is 2.76. The second-order valence-corrected chi connectivity index (χ2v) is 5.83. The number of benzene rings is 1. The van der Waals surface area contributed by atoms with Crippen LogP contribution in [0.3, 0.4) is 0 Å². The second-order valence-electron chi connectivity index (χ2n) is 4.91. The molecule has 1 aromatic carbocycles. The molecule has 2 N–H and O–H groups in total. The zero-order valence-electron chi connectivity index (χ0n) is 9.79. The van der Waals surface area contributed by atoms with Crippen LogP contribution in [-0.2, 0) is 10.2 Å². The molecule has 0 bridgehead atoms. The maximum Gasteiger partial charge on any atom is 0.0586 e. The molecule has 0 aliphatic carbocycles. The van der Waals surface area contributed by atoms with E-state index in [1.165, 1.54) is 11.1 Å². The zero-order chi connectivity index (χ0) is 11.8. The van der Waals surface area contributed by atoms with E-state index in [1.807, 2.05) is 0 Å². The Kier molecular flexibility index (Phi) is 3.38. The van der Waals surface area contributed by atoms with E-state index in [1.54, 1.807) is 0 Å². The zero-order valence-corrected chi connectivity index (χ0v) is 11.4. The van der Waals surface area contributed by atoms with Crippen molar-refractivity contribution in [1.29, 1.82) is 0 Å². The highest BCUT2D eigenvalue weighted by molar-refractivity contribution is 9.10. The SMILES string of the molecule is Cc1ccc(Br)cc1C1(CC(C)N)COC1. The van der Waals surface area contributed by atoms with Crippen LogP contribution in [0.1, 0.15) is 24.5 Å². The van der Waals surface area contributed by atoms with Gasteiger partial charge in [-0.1, -0.05) is 22.0 Å². The first kappa shape index (κ1) is 12.1. The van der Waals surface area contributed by atoms with Crippen LogP contribution in [0.4, 0.5) is 0 Å². The summed E-state index contributed by atoms with van der Waals surface area (Å²) in [4.78, 5) is 0. The number of aryl methyl sites for hydroxylation is 1. The number of rotatable bonds is 3. The van der Waals surface area contributed by atoms with Crippen molar-refractivity contribution in [1.82, 2.24) is 0 Å². The van der Waals surface area contributed by atoms with Crippen LogP contribution in [0.5, 0.6) is 0 Å². The van der Waals surface area contributed by atoms with Crippen molar-refractivity contribution < 1.29 is 4.74 Å². The lowest BCUT2D eigenvalue weighted by Gasteiger charge is -2.44. The van der Waals surface area contributed by atoms with Crippen LogP contribution in [0, 0.1) is 6.92 Å². The molecule has 88 valence electrons. The van der Waals surface area contributed by atoms with E-state index in [0.717, 1.165) is 24.1 Å². The average Bonchev–Trinajstić information content (AvgIpc) is 2.15. The second kappa shape index (κ2) is 4.47. The third-order valence-electron chi connectivity index (χ3n) is 3.24. The lowest BCUT2D eigenvalue weighted by molar-refractivity contribution is -0.0668. The molecule has 1 heterocycles. The Morgan fingerprint density at radius 1 is 1.50 bits per heavy atom. The van der Waals surface area contributed by atoms with Crippen molar-refractivity contribution >= 4 is 15.9 Å². The van der Waals surface area contributed by atoms with Gasteiger partial charge in [-0.2, -0.15) is 0 Å². The molecule has 0 spiro atoms.